The molecule has 1 nitrogen and oxygen atoms in total. The van der Waals surface area contributed by atoms with E-state index in [-0.39, 0.29) is 0 Å². The normalized spacial score (nSPS) is 11.0. The summed E-state index contributed by atoms with van der Waals surface area (Å²) in [6.45, 7) is 0. The van der Waals surface area contributed by atoms with Gasteiger partial charge in [0.15, 0.2) is 0 Å². The maximum absolute atomic E-state index is 4.63. The van der Waals surface area contributed by atoms with Gasteiger partial charge in [0, 0.05) is 17.1 Å². The van der Waals surface area contributed by atoms with Crippen LogP contribution in [0.3, 0.4) is 0 Å². The van der Waals surface area contributed by atoms with Gasteiger partial charge in [0.2, 0.25) is 0 Å². The molecule has 0 spiro atoms. The molecule has 4 aromatic rings. The minimum Gasteiger partial charge on any atom is -0.256 e. The fraction of sp³-hybridized carbons (Fsp3) is 0. The Kier molecular flexibility index (Phi) is 2.49. The first-order valence-electron chi connectivity index (χ1n) is 6.75. The number of nitrogens with zero attached hydrogens (tertiary/aromatic N) is 1. The Morgan fingerprint density at radius 3 is 2.25 bits per heavy atom. The summed E-state index contributed by atoms with van der Waals surface area (Å²) in [5.74, 6) is 0. The molecule has 20 heavy (non-hydrogen) atoms. The Bertz CT molecular complexity index is 895. The van der Waals surface area contributed by atoms with E-state index in [4.69, 9.17) is 0 Å². The third kappa shape index (κ3) is 1.76. The van der Waals surface area contributed by atoms with Crippen molar-refractivity contribution >= 4 is 21.5 Å². The number of rotatable bonds is 1. The Morgan fingerprint density at radius 2 is 1.35 bits per heavy atom. The molecule has 0 amide bonds. The highest BCUT2D eigenvalue weighted by Crippen LogP contribution is 2.27. The highest BCUT2D eigenvalue weighted by atomic mass is 14.7. The zero-order chi connectivity index (χ0) is 13.4. The SMILES string of the molecule is c1ccc(-c2cc3ccc4ccccc4c3cn2)cc1. The highest BCUT2D eigenvalue weighted by Gasteiger charge is 2.03. The van der Waals surface area contributed by atoms with Gasteiger partial charge in [-0.05, 0) is 22.2 Å². The maximum atomic E-state index is 4.63. The molecule has 1 aromatic heterocycles. The summed E-state index contributed by atoms with van der Waals surface area (Å²) in [6.07, 6.45) is 1.99. The highest BCUT2D eigenvalue weighted by molar-refractivity contribution is 6.07. The molecule has 0 N–H and O–H groups in total. The largest absolute Gasteiger partial charge is 0.256 e. The van der Waals surface area contributed by atoms with Gasteiger partial charge in [-0.15, -0.1) is 0 Å². The van der Waals surface area contributed by atoms with E-state index in [2.05, 4.69) is 59.6 Å². The van der Waals surface area contributed by atoms with E-state index in [0.717, 1.165) is 11.3 Å². The van der Waals surface area contributed by atoms with Crippen molar-refractivity contribution < 1.29 is 0 Å². The number of fused-ring (bicyclic) bond motifs is 3. The molecular formula is C19H13N. The first kappa shape index (κ1) is 11.2. The molecule has 0 saturated carbocycles. The molecule has 94 valence electrons. The van der Waals surface area contributed by atoms with Gasteiger partial charge in [0.05, 0.1) is 5.69 Å². The minimum atomic E-state index is 1.02. The van der Waals surface area contributed by atoms with Crippen LogP contribution in [0, 0.1) is 0 Å². The van der Waals surface area contributed by atoms with Crippen molar-refractivity contribution in [2.45, 2.75) is 0 Å². The van der Waals surface area contributed by atoms with Crippen LogP contribution in [0.15, 0.2) is 79.0 Å². The second kappa shape index (κ2) is 4.46. The molecule has 0 bridgehead atoms. The van der Waals surface area contributed by atoms with Crippen LogP contribution in [0.4, 0.5) is 0 Å². The standard InChI is InChI=1S/C19H13N/c1-2-7-15(8-3-1)19-12-16-11-10-14-6-4-5-9-17(14)18(16)13-20-19/h1-13H. The average Bonchev–Trinajstić information content (AvgIpc) is 2.55. The summed E-state index contributed by atoms with van der Waals surface area (Å²) in [7, 11) is 0. The van der Waals surface area contributed by atoms with E-state index >= 15 is 0 Å². The Hall–Kier alpha value is -2.67. The van der Waals surface area contributed by atoms with Gasteiger partial charge in [0.25, 0.3) is 0 Å². The molecule has 4 rings (SSSR count). The molecule has 0 aliphatic carbocycles. The van der Waals surface area contributed by atoms with Gasteiger partial charge >= 0.3 is 0 Å². The van der Waals surface area contributed by atoms with Crippen LogP contribution in [0.5, 0.6) is 0 Å². The van der Waals surface area contributed by atoms with E-state index in [1.807, 2.05) is 24.4 Å². The van der Waals surface area contributed by atoms with Gasteiger partial charge < -0.3 is 0 Å². The topological polar surface area (TPSA) is 12.9 Å². The molecule has 1 heterocycles. The zero-order valence-corrected chi connectivity index (χ0v) is 11.0. The minimum absolute atomic E-state index is 1.02. The van der Waals surface area contributed by atoms with E-state index in [1.54, 1.807) is 0 Å². The second-order valence-corrected chi connectivity index (χ2v) is 4.94. The molecule has 0 aliphatic heterocycles. The number of hydrogen-bond donors (Lipinski definition) is 0. The summed E-state index contributed by atoms with van der Waals surface area (Å²) >= 11 is 0. The van der Waals surface area contributed by atoms with Gasteiger partial charge in [0.1, 0.15) is 0 Å². The Balaban J connectivity index is 1.99. The zero-order valence-electron chi connectivity index (χ0n) is 11.0. The van der Waals surface area contributed by atoms with Crippen LogP contribution in [0.2, 0.25) is 0 Å². The lowest BCUT2D eigenvalue weighted by Crippen LogP contribution is -1.85. The molecule has 0 fully saturated rings. The van der Waals surface area contributed by atoms with Gasteiger partial charge in [-0.1, -0.05) is 66.7 Å². The fourth-order valence-corrected chi connectivity index (χ4v) is 2.67. The molecule has 0 aliphatic rings. The first-order valence-corrected chi connectivity index (χ1v) is 6.75. The third-order valence-corrected chi connectivity index (χ3v) is 3.70. The number of hydrogen-bond acceptors (Lipinski definition) is 1. The lowest BCUT2D eigenvalue weighted by molar-refractivity contribution is 1.36. The monoisotopic (exact) mass is 255 g/mol. The van der Waals surface area contributed by atoms with Crippen LogP contribution in [0.1, 0.15) is 0 Å². The third-order valence-electron chi connectivity index (χ3n) is 3.70. The van der Waals surface area contributed by atoms with Crippen molar-refractivity contribution in [2.75, 3.05) is 0 Å². The molecule has 0 radical (unpaired) electrons. The van der Waals surface area contributed by atoms with Crippen molar-refractivity contribution in [3.05, 3.63) is 79.0 Å². The van der Waals surface area contributed by atoms with Gasteiger partial charge in [-0.2, -0.15) is 0 Å². The molecule has 0 atom stereocenters. The summed E-state index contributed by atoms with van der Waals surface area (Å²) in [4.78, 5) is 4.63. The van der Waals surface area contributed by atoms with Crippen LogP contribution in [-0.4, -0.2) is 4.98 Å². The Labute approximate surface area is 117 Å². The van der Waals surface area contributed by atoms with Crippen molar-refractivity contribution in [2.24, 2.45) is 0 Å². The second-order valence-electron chi connectivity index (χ2n) is 4.94. The van der Waals surface area contributed by atoms with E-state index < -0.39 is 0 Å². The predicted octanol–water partition coefficient (Wildman–Crippen LogP) is 5.06. The van der Waals surface area contributed by atoms with Gasteiger partial charge in [-0.25, -0.2) is 0 Å². The summed E-state index contributed by atoms with van der Waals surface area (Å²) in [5.41, 5.74) is 2.18. The van der Waals surface area contributed by atoms with Crippen molar-refractivity contribution in [3.8, 4) is 11.3 Å². The van der Waals surface area contributed by atoms with Crippen LogP contribution < -0.4 is 0 Å². The number of aromatic nitrogens is 1. The number of pyridine rings is 1. The van der Waals surface area contributed by atoms with Crippen molar-refractivity contribution in [3.63, 3.8) is 0 Å². The summed E-state index contributed by atoms with van der Waals surface area (Å²) in [6, 6.07) is 25.2. The quantitative estimate of drug-likeness (QED) is 0.433. The molecular weight excluding hydrogens is 242 g/mol. The van der Waals surface area contributed by atoms with Crippen molar-refractivity contribution in [1.82, 2.24) is 4.98 Å². The molecule has 3 aromatic carbocycles. The summed E-state index contributed by atoms with van der Waals surface area (Å²) < 4.78 is 0. The molecule has 1 heteroatoms. The summed E-state index contributed by atoms with van der Waals surface area (Å²) in [5, 5.41) is 4.96. The van der Waals surface area contributed by atoms with E-state index in [9.17, 15) is 0 Å². The van der Waals surface area contributed by atoms with Gasteiger partial charge in [-0.3, -0.25) is 4.98 Å². The Morgan fingerprint density at radius 1 is 0.600 bits per heavy atom. The maximum Gasteiger partial charge on any atom is 0.0708 e. The predicted molar refractivity (Wildman–Crippen MR) is 84.7 cm³/mol. The van der Waals surface area contributed by atoms with Crippen LogP contribution in [0.25, 0.3) is 32.8 Å². The van der Waals surface area contributed by atoms with Crippen LogP contribution >= 0.6 is 0 Å². The fourth-order valence-electron chi connectivity index (χ4n) is 2.67. The lowest BCUT2D eigenvalue weighted by Gasteiger charge is -2.06. The molecule has 0 unspecified atom stereocenters. The smallest absolute Gasteiger partial charge is 0.0708 e. The van der Waals surface area contributed by atoms with E-state index in [0.29, 0.717) is 0 Å². The number of benzene rings is 3. The average molecular weight is 255 g/mol. The van der Waals surface area contributed by atoms with E-state index in [1.165, 1.54) is 21.5 Å². The lowest BCUT2D eigenvalue weighted by atomic mass is 10.0. The van der Waals surface area contributed by atoms with Crippen LogP contribution in [-0.2, 0) is 0 Å². The molecule has 0 saturated heterocycles. The van der Waals surface area contributed by atoms with Crippen molar-refractivity contribution in [1.29, 1.82) is 0 Å². The first-order chi connectivity index (χ1) is 9.92.